The molecule has 0 saturated heterocycles. The third kappa shape index (κ3) is 4.03. The van der Waals surface area contributed by atoms with Crippen molar-refractivity contribution in [1.82, 2.24) is 4.90 Å². The number of primary amides is 1. The van der Waals surface area contributed by atoms with Crippen LogP contribution in [-0.2, 0) is 16.0 Å². The Morgan fingerprint density at radius 1 is 1.32 bits per heavy atom. The molecular formula is C13H18FN3O2. The molecule has 0 aliphatic carbocycles. The van der Waals surface area contributed by atoms with Crippen molar-refractivity contribution >= 4 is 11.8 Å². The first-order valence-electron chi connectivity index (χ1n) is 6.02. The number of hydrogen-bond donors (Lipinski definition) is 2. The second kappa shape index (κ2) is 6.84. The van der Waals surface area contributed by atoms with Crippen LogP contribution in [0.1, 0.15) is 12.5 Å². The number of likely N-dealkylation sites (N-methyl/N-ethyl adjacent to an activating group) is 1. The van der Waals surface area contributed by atoms with Crippen LogP contribution in [0.3, 0.4) is 0 Å². The SMILES string of the molecule is CCN(C(=O)CN)[C@@H](Cc1ccc(F)cc1)C(N)=O. The maximum atomic E-state index is 12.8. The highest BCUT2D eigenvalue weighted by atomic mass is 19.1. The second-order valence-corrected chi connectivity index (χ2v) is 4.13. The van der Waals surface area contributed by atoms with Gasteiger partial charge in [0.05, 0.1) is 6.54 Å². The zero-order valence-electron chi connectivity index (χ0n) is 10.8. The van der Waals surface area contributed by atoms with Gasteiger partial charge in [-0.3, -0.25) is 9.59 Å². The summed E-state index contributed by atoms with van der Waals surface area (Å²) in [4.78, 5) is 24.5. The van der Waals surface area contributed by atoms with E-state index in [4.69, 9.17) is 11.5 Å². The van der Waals surface area contributed by atoms with Crippen LogP contribution >= 0.6 is 0 Å². The Labute approximate surface area is 111 Å². The maximum absolute atomic E-state index is 12.8. The third-order valence-electron chi connectivity index (χ3n) is 2.88. The molecule has 104 valence electrons. The minimum absolute atomic E-state index is 0.180. The van der Waals surface area contributed by atoms with Crippen LogP contribution in [0.2, 0.25) is 0 Å². The van der Waals surface area contributed by atoms with E-state index in [-0.39, 0.29) is 24.7 Å². The number of rotatable bonds is 6. The average molecular weight is 267 g/mol. The standard InChI is InChI=1S/C13H18FN3O2/c1-2-17(12(18)8-15)11(13(16)19)7-9-3-5-10(14)6-4-9/h3-6,11H,2,7-8,15H2,1H3,(H2,16,19)/t11-/m0/s1. The lowest BCUT2D eigenvalue weighted by Crippen LogP contribution is -2.50. The Morgan fingerprint density at radius 3 is 2.32 bits per heavy atom. The van der Waals surface area contributed by atoms with Gasteiger partial charge in [0.25, 0.3) is 0 Å². The van der Waals surface area contributed by atoms with Crippen LogP contribution in [0.25, 0.3) is 0 Å². The lowest BCUT2D eigenvalue weighted by Gasteiger charge is -2.28. The monoisotopic (exact) mass is 267 g/mol. The number of carbonyl (C=O) groups excluding carboxylic acids is 2. The summed E-state index contributed by atoms with van der Waals surface area (Å²) in [6.07, 6.45) is 0.245. The number of benzene rings is 1. The van der Waals surface area contributed by atoms with Crippen molar-refractivity contribution in [1.29, 1.82) is 0 Å². The molecule has 0 aliphatic rings. The Kier molecular flexibility index (Phi) is 5.44. The van der Waals surface area contributed by atoms with Crippen LogP contribution in [0, 0.1) is 5.82 Å². The van der Waals surface area contributed by atoms with Crippen molar-refractivity contribution < 1.29 is 14.0 Å². The highest BCUT2D eigenvalue weighted by Crippen LogP contribution is 2.10. The molecule has 6 heteroatoms. The van der Waals surface area contributed by atoms with E-state index < -0.39 is 11.9 Å². The van der Waals surface area contributed by atoms with E-state index >= 15 is 0 Å². The molecule has 4 N–H and O–H groups in total. The summed E-state index contributed by atoms with van der Waals surface area (Å²) in [5, 5.41) is 0. The van der Waals surface area contributed by atoms with Crippen LogP contribution in [0.5, 0.6) is 0 Å². The Hall–Kier alpha value is -1.95. The molecule has 2 amide bonds. The van der Waals surface area contributed by atoms with Gasteiger partial charge in [-0.05, 0) is 24.6 Å². The normalized spacial score (nSPS) is 11.9. The van der Waals surface area contributed by atoms with Crippen LogP contribution in [0.15, 0.2) is 24.3 Å². The van der Waals surface area contributed by atoms with Crippen molar-refractivity contribution in [2.75, 3.05) is 13.1 Å². The van der Waals surface area contributed by atoms with Gasteiger partial charge in [0, 0.05) is 13.0 Å². The van der Waals surface area contributed by atoms with E-state index in [1.165, 1.54) is 17.0 Å². The smallest absolute Gasteiger partial charge is 0.240 e. The highest BCUT2D eigenvalue weighted by molar-refractivity contribution is 5.87. The molecule has 0 aliphatic heterocycles. The molecule has 5 nitrogen and oxygen atoms in total. The van der Waals surface area contributed by atoms with Gasteiger partial charge in [0.1, 0.15) is 11.9 Å². The molecule has 0 fully saturated rings. The molecule has 0 saturated carbocycles. The molecule has 0 aromatic heterocycles. The lowest BCUT2D eigenvalue weighted by molar-refractivity contribution is -0.137. The molecule has 1 rings (SSSR count). The Morgan fingerprint density at radius 2 is 1.89 bits per heavy atom. The summed E-state index contributed by atoms with van der Waals surface area (Å²) >= 11 is 0. The van der Waals surface area contributed by atoms with Crippen molar-refractivity contribution in [3.05, 3.63) is 35.6 Å². The number of amides is 2. The van der Waals surface area contributed by atoms with E-state index in [9.17, 15) is 14.0 Å². The molecule has 1 aromatic rings. The molecule has 0 spiro atoms. The van der Waals surface area contributed by atoms with Gasteiger partial charge in [-0.1, -0.05) is 12.1 Å². The quantitative estimate of drug-likeness (QED) is 0.762. The minimum Gasteiger partial charge on any atom is -0.368 e. The largest absolute Gasteiger partial charge is 0.368 e. The predicted molar refractivity (Wildman–Crippen MR) is 69.5 cm³/mol. The third-order valence-corrected chi connectivity index (χ3v) is 2.88. The Balaban J connectivity index is 2.91. The van der Waals surface area contributed by atoms with Crippen molar-refractivity contribution in [2.45, 2.75) is 19.4 Å². The number of nitrogens with zero attached hydrogens (tertiary/aromatic N) is 1. The lowest BCUT2D eigenvalue weighted by atomic mass is 10.0. The number of nitrogens with two attached hydrogens (primary N) is 2. The summed E-state index contributed by atoms with van der Waals surface area (Å²) in [7, 11) is 0. The van der Waals surface area contributed by atoms with Gasteiger partial charge >= 0.3 is 0 Å². The number of halogens is 1. The summed E-state index contributed by atoms with van der Waals surface area (Å²) in [6, 6.07) is 4.95. The average Bonchev–Trinajstić information content (AvgIpc) is 2.40. The summed E-state index contributed by atoms with van der Waals surface area (Å²) < 4.78 is 12.8. The van der Waals surface area contributed by atoms with E-state index in [0.717, 1.165) is 5.56 Å². The summed E-state index contributed by atoms with van der Waals surface area (Å²) in [5.41, 5.74) is 11.4. The number of carbonyl (C=O) groups is 2. The first-order valence-corrected chi connectivity index (χ1v) is 6.02. The van der Waals surface area contributed by atoms with Crippen LogP contribution in [0.4, 0.5) is 4.39 Å². The fourth-order valence-corrected chi connectivity index (χ4v) is 1.90. The summed E-state index contributed by atoms with van der Waals surface area (Å²) in [6.45, 7) is 1.90. The molecule has 19 heavy (non-hydrogen) atoms. The summed E-state index contributed by atoms with van der Waals surface area (Å²) in [5.74, 6) is -1.30. The van der Waals surface area contributed by atoms with Gasteiger partial charge < -0.3 is 16.4 Å². The fraction of sp³-hybridized carbons (Fsp3) is 0.385. The first-order chi connectivity index (χ1) is 8.99. The van der Waals surface area contributed by atoms with Crippen LogP contribution < -0.4 is 11.5 Å². The van der Waals surface area contributed by atoms with Crippen molar-refractivity contribution in [2.24, 2.45) is 11.5 Å². The van der Waals surface area contributed by atoms with E-state index in [1.54, 1.807) is 19.1 Å². The molecule has 1 atom stereocenters. The van der Waals surface area contributed by atoms with Gasteiger partial charge in [0.15, 0.2) is 0 Å². The predicted octanol–water partition coefficient (Wildman–Crippen LogP) is 0.0293. The second-order valence-electron chi connectivity index (χ2n) is 4.13. The molecule has 0 radical (unpaired) electrons. The topological polar surface area (TPSA) is 89.4 Å². The first kappa shape index (κ1) is 15.1. The van der Waals surface area contributed by atoms with Crippen molar-refractivity contribution in [3.8, 4) is 0 Å². The van der Waals surface area contributed by atoms with Gasteiger partial charge in [-0.2, -0.15) is 0 Å². The van der Waals surface area contributed by atoms with Gasteiger partial charge in [-0.25, -0.2) is 4.39 Å². The maximum Gasteiger partial charge on any atom is 0.240 e. The molecule has 0 heterocycles. The molecule has 1 aromatic carbocycles. The van der Waals surface area contributed by atoms with E-state index in [2.05, 4.69) is 0 Å². The Bertz CT molecular complexity index is 448. The molecule has 0 unspecified atom stereocenters. The molecular weight excluding hydrogens is 249 g/mol. The zero-order valence-corrected chi connectivity index (χ0v) is 10.8. The van der Waals surface area contributed by atoms with Gasteiger partial charge in [0.2, 0.25) is 11.8 Å². The molecule has 0 bridgehead atoms. The highest BCUT2D eigenvalue weighted by Gasteiger charge is 2.26. The van der Waals surface area contributed by atoms with E-state index in [1.807, 2.05) is 0 Å². The van der Waals surface area contributed by atoms with E-state index in [0.29, 0.717) is 6.54 Å². The van der Waals surface area contributed by atoms with Gasteiger partial charge in [-0.15, -0.1) is 0 Å². The fourth-order valence-electron chi connectivity index (χ4n) is 1.90. The number of hydrogen-bond acceptors (Lipinski definition) is 3. The van der Waals surface area contributed by atoms with Crippen molar-refractivity contribution in [3.63, 3.8) is 0 Å². The minimum atomic E-state index is -0.772. The van der Waals surface area contributed by atoms with Crippen LogP contribution in [-0.4, -0.2) is 35.8 Å². The zero-order chi connectivity index (χ0) is 14.4.